The maximum atomic E-state index is 12.8. The van der Waals surface area contributed by atoms with Gasteiger partial charge in [0.2, 0.25) is 0 Å². The highest BCUT2D eigenvalue weighted by Crippen LogP contribution is 2.32. The lowest BCUT2D eigenvalue weighted by atomic mass is 10.2. The smallest absolute Gasteiger partial charge is 0.387 e. The fraction of sp³-hybridized carbons (Fsp3) is 0.500. The highest BCUT2D eigenvalue weighted by atomic mass is 19.3. The van der Waals surface area contributed by atoms with Crippen LogP contribution in [0.4, 0.5) is 8.78 Å². The van der Waals surface area contributed by atoms with Crippen LogP contribution in [0, 0.1) is 5.92 Å². The summed E-state index contributed by atoms with van der Waals surface area (Å²) in [6.45, 7) is 5.09. The predicted octanol–water partition coefficient (Wildman–Crippen LogP) is 3.40. The first-order valence-corrected chi connectivity index (χ1v) is 9.58. The fourth-order valence-electron chi connectivity index (χ4n) is 2.82. The normalized spacial score (nSPS) is 11.8. The summed E-state index contributed by atoms with van der Waals surface area (Å²) < 4.78 is 37.9. The summed E-state index contributed by atoms with van der Waals surface area (Å²) in [6, 6.07) is 5.04. The van der Waals surface area contributed by atoms with Gasteiger partial charge in [-0.25, -0.2) is 4.98 Å². The van der Waals surface area contributed by atoms with Crippen LogP contribution in [0.3, 0.4) is 0 Å². The van der Waals surface area contributed by atoms with Crippen molar-refractivity contribution in [2.75, 3.05) is 13.7 Å². The van der Waals surface area contributed by atoms with Crippen LogP contribution in [0.5, 0.6) is 11.5 Å². The number of nitrogens with one attached hydrogen (secondary N) is 2. The van der Waals surface area contributed by atoms with E-state index in [1.54, 1.807) is 38.4 Å². The van der Waals surface area contributed by atoms with Crippen molar-refractivity contribution in [1.29, 1.82) is 0 Å². The van der Waals surface area contributed by atoms with Crippen LogP contribution in [0.15, 0.2) is 35.6 Å². The third-order valence-electron chi connectivity index (χ3n) is 4.01. The van der Waals surface area contributed by atoms with Gasteiger partial charge >= 0.3 is 6.61 Å². The van der Waals surface area contributed by atoms with Gasteiger partial charge in [-0.3, -0.25) is 4.99 Å². The zero-order valence-electron chi connectivity index (χ0n) is 17.3. The summed E-state index contributed by atoms with van der Waals surface area (Å²) >= 11 is 0. The van der Waals surface area contributed by atoms with E-state index in [1.165, 1.54) is 0 Å². The van der Waals surface area contributed by atoms with E-state index in [0.717, 1.165) is 12.4 Å². The van der Waals surface area contributed by atoms with Gasteiger partial charge < -0.3 is 24.7 Å². The van der Waals surface area contributed by atoms with E-state index in [1.807, 2.05) is 6.20 Å². The molecule has 0 aliphatic rings. The van der Waals surface area contributed by atoms with Gasteiger partial charge in [-0.15, -0.1) is 0 Å². The molecule has 2 N–H and O–H groups in total. The van der Waals surface area contributed by atoms with Crippen molar-refractivity contribution in [3.8, 4) is 11.5 Å². The zero-order chi connectivity index (χ0) is 21.2. The van der Waals surface area contributed by atoms with Crippen molar-refractivity contribution in [2.24, 2.45) is 10.9 Å². The predicted molar refractivity (Wildman–Crippen MR) is 108 cm³/mol. The molecule has 0 aliphatic heterocycles. The molecular weight excluding hydrogens is 380 g/mol. The Morgan fingerprint density at radius 3 is 2.66 bits per heavy atom. The average molecular weight is 409 g/mol. The van der Waals surface area contributed by atoms with E-state index in [9.17, 15) is 8.78 Å². The Labute approximate surface area is 170 Å². The molecule has 7 nitrogen and oxygen atoms in total. The molecule has 0 saturated carbocycles. The standard InChI is InChI=1S/C20H29F2N5O2/c1-5-28-16-8-6-7-15(18(16)29-19(21)22)11-25-20(23-4)26-12-17-24-9-10-27(17)13-14(2)3/h6-10,14,19H,5,11-13H2,1-4H3,(H2,23,25,26). The summed E-state index contributed by atoms with van der Waals surface area (Å²) in [5.41, 5.74) is 0.542. The number of rotatable bonds is 10. The molecule has 1 aromatic heterocycles. The Bertz CT molecular complexity index is 793. The number of benzene rings is 1. The van der Waals surface area contributed by atoms with E-state index < -0.39 is 6.61 Å². The molecule has 1 aromatic carbocycles. The van der Waals surface area contributed by atoms with E-state index in [-0.39, 0.29) is 18.0 Å². The maximum Gasteiger partial charge on any atom is 0.387 e. The molecule has 0 spiro atoms. The van der Waals surface area contributed by atoms with Gasteiger partial charge in [-0.05, 0) is 18.9 Å². The van der Waals surface area contributed by atoms with Gasteiger partial charge in [0.05, 0.1) is 13.2 Å². The van der Waals surface area contributed by atoms with Crippen molar-refractivity contribution in [2.45, 2.75) is 47.0 Å². The second-order valence-electron chi connectivity index (χ2n) is 6.72. The molecule has 1 heterocycles. The molecule has 160 valence electrons. The first-order chi connectivity index (χ1) is 13.9. The molecule has 0 aliphatic carbocycles. The number of hydrogen-bond acceptors (Lipinski definition) is 4. The number of guanidine groups is 1. The van der Waals surface area contributed by atoms with Gasteiger partial charge in [-0.2, -0.15) is 8.78 Å². The van der Waals surface area contributed by atoms with Crippen LogP contribution in [0.2, 0.25) is 0 Å². The molecular formula is C20H29F2N5O2. The minimum atomic E-state index is -2.94. The number of ether oxygens (including phenoxy) is 2. The first kappa shape index (κ1) is 22.4. The van der Waals surface area contributed by atoms with Gasteiger partial charge in [0.1, 0.15) is 5.82 Å². The third kappa shape index (κ3) is 6.92. The Kier molecular flexibility index (Phi) is 8.69. The summed E-state index contributed by atoms with van der Waals surface area (Å²) in [4.78, 5) is 8.55. The van der Waals surface area contributed by atoms with Crippen LogP contribution in [0.1, 0.15) is 32.2 Å². The van der Waals surface area contributed by atoms with Crippen LogP contribution < -0.4 is 20.1 Å². The van der Waals surface area contributed by atoms with Crippen LogP contribution in [0.25, 0.3) is 0 Å². The van der Waals surface area contributed by atoms with Gasteiger partial charge in [0, 0.05) is 38.1 Å². The number of aliphatic imine (C=N–C) groups is 1. The summed E-state index contributed by atoms with van der Waals surface area (Å²) in [5.74, 6) is 2.23. The highest BCUT2D eigenvalue weighted by molar-refractivity contribution is 5.79. The number of nitrogens with zero attached hydrogens (tertiary/aromatic N) is 3. The second kappa shape index (κ2) is 11.2. The fourth-order valence-corrected chi connectivity index (χ4v) is 2.82. The SMILES string of the molecule is CCOc1cccc(CNC(=NC)NCc2nccn2CC(C)C)c1OC(F)F. The molecule has 0 atom stereocenters. The average Bonchev–Trinajstić information content (AvgIpc) is 3.10. The summed E-state index contributed by atoms with van der Waals surface area (Å²) in [5, 5.41) is 6.30. The van der Waals surface area contributed by atoms with Gasteiger partial charge in [-0.1, -0.05) is 26.0 Å². The molecule has 9 heteroatoms. The zero-order valence-corrected chi connectivity index (χ0v) is 17.3. The largest absolute Gasteiger partial charge is 0.490 e. The molecule has 29 heavy (non-hydrogen) atoms. The van der Waals surface area contributed by atoms with E-state index in [0.29, 0.717) is 30.6 Å². The van der Waals surface area contributed by atoms with Crippen LogP contribution in [-0.4, -0.2) is 35.8 Å². The summed E-state index contributed by atoms with van der Waals surface area (Å²) in [7, 11) is 1.64. The highest BCUT2D eigenvalue weighted by Gasteiger charge is 2.16. The Hall–Kier alpha value is -2.84. The number of imidazole rings is 1. The van der Waals surface area contributed by atoms with E-state index in [2.05, 4.69) is 39.0 Å². The van der Waals surface area contributed by atoms with Crippen molar-refractivity contribution in [3.05, 3.63) is 42.0 Å². The minimum absolute atomic E-state index is 0.0276. The number of para-hydroxylation sites is 1. The van der Waals surface area contributed by atoms with Crippen molar-refractivity contribution < 1.29 is 18.3 Å². The second-order valence-corrected chi connectivity index (χ2v) is 6.72. The first-order valence-electron chi connectivity index (χ1n) is 9.58. The molecule has 0 fully saturated rings. The number of aromatic nitrogens is 2. The van der Waals surface area contributed by atoms with E-state index >= 15 is 0 Å². The number of alkyl halides is 2. The number of hydrogen-bond donors (Lipinski definition) is 2. The maximum absolute atomic E-state index is 12.8. The monoisotopic (exact) mass is 409 g/mol. The lowest BCUT2D eigenvalue weighted by molar-refractivity contribution is -0.0520. The molecule has 0 bridgehead atoms. The molecule has 2 rings (SSSR count). The Balaban J connectivity index is 2.02. The lowest BCUT2D eigenvalue weighted by Gasteiger charge is -2.17. The third-order valence-corrected chi connectivity index (χ3v) is 4.01. The van der Waals surface area contributed by atoms with Crippen molar-refractivity contribution in [1.82, 2.24) is 20.2 Å². The lowest BCUT2D eigenvalue weighted by Crippen LogP contribution is -2.37. The quantitative estimate of drug-likeness (QED) is 0.465. The van der Waals surface area contributed by atoms with Crippen LogP contribution in [-0.2, 0) is 19.6 Å². The van der Waals surface area contributed by atoms with Gasteiger partial charge in [0.15, 0.2) is 17.5 Å². The topological polar surface area (TPSA) is 72.7 Å². The van der Waals surface area contributed by atoms with E-state index in [4.69, 9.17) is 9.47 Å². The minimum Gasteiger partial charge on any atom is -0.490 e. The van der Waals surface area contributed by atoms with Crippen molar-refractivity contribution in [3.63, 3.8) is 0 Å². The molecule has 0 saturated heterocycles. The number of halogens is 2. The van der Waals surface area contributed by atoms with Crippen molar-refractivity contribution >= 4 is 5.96 Å². The molecule has 0 unspecified atom stereocenters. The molecule has 2 aromatic rings. The van der Waals surface area contributed by atoms with Gasteiger partial charge in [0.25, 0.3) is 0 Å². The Morgan fingerprint density at radius 1 is 1.24 bits per heavy atom. The molecule has 0 radical (unpaired) electrons. The Morgan fingerprint density at radius 2 is 2.00 bits per heavy atom. The summed E-state index contributed by atoms with van der Waals surface area (Å²) in [6.07, 6.45) is 3.71. The van der Waals surface area contributed by atoms with Crippen LogP contribution >= 0.6 is 0 Å². The molecule has 0 amide bonds.